The Bertz CT molecular complexity index is 496. The SMILES string of the molecule is CCOc1cc(C)n(-c2ncccc2Cl)n1. The number of hydrogen-bond donors (Lipinski definition) is 0. The molecule has 0 aliphatic rings. The molecular formula is C11H12ClN3O. The Hall–Kier alpha value is -1.55. The fraction of sp³-hybridized carbons (Fsp3) is 0.273. The Morgan fingerprint density at radius 1 is 1.50 bits per heavy atom. The third-order valence-electron chi connectivity index (χ3n) is 2.10. The first-order valence-corrected chi connectivity index (χ1v) is 5.40. The molecule has 0 fully saturated rings. The van der Waals surface area contributed by atoms with Crippen LogP contribution in [0.3, 0.4) is 0 Å². The summed E-state index contributed by atoms with van der Waals surface area (Å²) in [4.78, 5) is 4.20. The van der Waals surface area contributed by atoms with Crippen LogP contribution in [-0.2, 0) is 0 Å². The van der Waals surface area contributed by atoms with Gasteiger partial charge in [-0.1, -0.05) is 11.6 Å². The number of nitrogens with zero attached hydrogens (tertiary/aromatic N) is 3. The zero-order valence-electron chi connectivity index (χ0n) is 9.14. The number of halogens is 1. The van der Waals surface area contributed by atoms with Gasteiger partial charge in [0.1, 0.15) is 0 Å². The van der Waals surface area contributed by atoms with Gasteiger partial charge in [0.25, 0.3) is 0 Å². The Kier molecular flexibility index (Phi) is 3.10. The standard InChI is InChI=1S/C11H12ClN3O/c1-3-16-10-7-8(2)15(14-10)11-9(12)5-4-6-13-11/h4-7H,3H2,1-2H3. The van der Waals surface area contributed by atoms with Gasteiger partial charge in [-0.2, -0.15) is 0 Å². The second-order valence-corrected chi connectivity index (χ2v) is 3.68. The summed E-state index contributed by atoms with van der Waals surface area (Å²) in [5.74, 6) is 1.20. The Labute approximate surface area is 98.8 Å². The third-order valence-corrected chi connectivity index (χ3v) is 2.39. The second-order valence-electron chi connectivity index (χ2n) is 3.28. The molecular weight excluding hydrogens is 226 g/mol. The highest BCUT2D eigenvalue weighted by molar-refractivity contribution is 6.32. The highest BCUT2D eigenvalue weighted by atomic mass is 35.5. The molecule has 0 aliphatic heterocycles. The quantitative estimate of drug-likeness (QED) is 0.824. The molecule has 0 unspecified atom stereocenters. The van der Waals surface area contributed by atoms with Crippen LogP contribution >= 0.6 is 11.6 Å². The molecule has 16 heavy (non-hydrogen) atoms. The summed E-state index contributed by atoms with van der Waals surface area (Å²) < 4.78 is 7.00. The predicted molar refractivity (Wildman–Crippen MR) is 62.3 cm³/mol. The van der Waals surface area contributed by atoms with E-state index in [0.717, 1.165) is 5.69 Å². The normalized spacial score (nSPS) is 10.4. The van der Waals surface area contributed by atoms with Gasteiger partial charge in [0.15, 0.2) is 5.82 Å². The van der Waals surface area contributed by atoms with Gasteiger partial charge in [-0.05, 0) is 26.0 Å². The molecule has 2 aromatic heterocycles. The highest BCUT2D eigenvalue weighted by Crippen LogP contribution is 2.20. The van der Waals surface area contributed by atoms with Crippen molar-refractivity contribution in [3.05, 3.63) is 35.1 Å². The zero-order chi connectivity index (χ0) is 11.5. The minimum Gasteiger partial charge on any atom is -0.477 e. The van der Waals surface area contributed by atoms with Crippen molar-refractivity contribution in [3.8, 4) is 11.7 Å². The maximum Gasteiger partial charge on any atom is 0.233 e. The summed E-state index contributed by atoms with van der Waals surface area (Å²) in [6.07, 6.45) is 1.68. The van der Waals surface area contributed by atoms with Crippen LogP contribution in [0.1, 0.15) is 12.6 Å². The van der Waals surface area contributed by atoms with Crippen LogP contribution in [0, 0.1) is 6.92 Å². The van der Waals surface area contributed by atoms with Gasteiger partial charge in [-0.25, -0.2) is 9.67 Å². The number of ether oxygens (including phenoxy) is 1. The summed E-state index contributed by atoms with van der Waals surface area (Å²) >= 11 is 6.05. The average Bonchev–Trinajstić information content (AvgIpc) is 2.61. The van der Waals surface area contributed by atoms with Crippen molar-refractivity contribution in [3.63, 3.8) is 0 Å². The second kappa shape index (κ2) is 4.53. The van der Waals surface area contributed by atoms with E-state index in [2.05, 4.69) is 10.1 Å². The molecule has 2 aromatic rings. The van der Waals surface area contributed by atoms with E-state index in [0.29, 0.717) is 23.3 Å². The number of aromatic nitrogens is 3. The van der Waals surface area contributed by atoms with Gasteiger partial charge in [-0.3, -0.25) is 0 Å². The summed E-state index contributed by atoms with van der Waals surface area (Å²) in [5, 5.41) is 4.84. The Balaban J connectivity index is 2.44. The number of hydrogen-bond acceptors (Lipinski definition) is 3. The third kappa shape index (κ3) is 2.02. The van der Waals surface area contributed by atoms with Crippen LogP contribution in [-0.4, -0.2) is 21.4 Å². The molecule has 0 aliphatic carbocycles. The van der Waals surface area contributed by atoms with Gasteiger partial charge in [0.2, 0.25) is 5.88 Å². The van der Waals surface area contributed by atoms with E-state index in [-0.39, 0.29) is 0 Å². The molecule has 2 heterocycles. The summed E-state index contributed by atoms with van der Waals surface area (Å²) in [5.41, 5.74) is 0.934. The van der Waals surface area contributed by atoms with Gasteiger partial charge < -0.3 is 4.74 Å². The molecule has 84 valence electrons. The summed E-state index contributed by atoms with van der Waals surface area (Å²) in [6.45, 7) is 4.44. The van der Waals surface area contributed by atoms with E-state index in [4.69, 9.17) is 16.3 Å². The predicted octanol–water partition coefficient (Wildman–Crippen LogP) is 2.63. The molecule has 0 radical (unpaired) electrons. The lowest BCUT2D eigenvalue weighted by molar-refractivity contribution is 0.324. The van der Waals surface area contributed by atoms with Gasteiger partial charge in [0, 0.05) is 18.0 Å². The lowest BCUT2D eigenvalue weighted by Crippen LogP contribution is -2.02. The fourth-order valence-corrected chi connectivity index (χ4v) is 1.61. The maximum absolute atomic E-state index is 6.05. The fourth-order valence-electron chi connectivity index (χ4n) is 1.41. The molecule has 0 atom stereocenters. The highest BCUT2D eigenvalue weighted by Gasteiger charge is 2.10. The van der Waals surface area contributed by atoms with Crippen LogP contribution in [0.15, 0.2) is 24.4 Å². The Morgan fingerprint density at radius 2 is 2.31 bits per heavy atom. The van der Waals surface area contributed by atoms with Crippen molar-refractivity contribution < 1.29 is 4.74 Å². The summed E-state index contributed by atoms with van der Waals surface area (Å²) in [7, 11) is 0. The van der Waals surface area contributed by atoms with E-state index < -0.39 is 0 Å². The molecule has 5 heteroatoms. The molecule has 4 nitrogen and oxygen atoms in total. The van der Waals surface area contributed by atoms with E-state index >= 15 is 0 Å². The molecule has 0 N–H and O–H groups in total. The van der Waals surface area contributed by atoms with E-state index in [9.17, 15) is 0 Å². The van der Waals surface area contributed by atoms with Crippen LogP contribution < -0.4 is 4.74 Å². The van der Waals surface area contributed by atoms with Crippen molar-refractivity contribution in [2.45, 2.75) is 13.8 Å². The lowest BCUT2D eigenvalue weighted by Gasteiger charge is -2.04. The van der Waals surface area contributed by atoms with Crippen LogP contribution in [0.2, 0.25) is 5.02 Å². The van der Waals surface area contributed by atoms with Crippen LogP contribution in [0.5, 0.6) is 5.88 Å². The van der Waals surface area contributed by atoms with Crippen LogP contribution in [0.4, 0.5) is 0 Å². The minimum atomic E-state index is 0.566. The number of aryl methyl sites for hydroxylation is 1. The van der Waals surface area contributed by atoms with Gasteiger partial charge in [-0.15, -0.1) is 5.10 Å². The monoisotopic (exact) mass is 237 g/mol. The molecule has 0 amide bonds. The van der Waals surface area contributed by atoms with E-state index in [1.807, 2.05) is 19.9 Å². The molecule has 2 rings (SSSR count). The van der Waals surface area contributed by atoms with Crippen molar-refractivity contribution in [2.75, 3.05) is 6.61 Å². The van der Waals surface area contributed by atoms with Crippen molar-refractivity contribution in [1.29, 1.82) is 0 Å². The first-order valence-electron chi connectivity index (χ1n) is 5.02. The summed E-state index contributed by atoms with van der Waals surface area (Å²) in [6, 6.07) is 5.42. The average molecular weight is 238 g/mol. The van der Waals surface area contributed by atoms with Gasteiger partial charge in [0.05, 0.1) is 11.6 Å². The lowest BCUT2D eigenvalue weighted by atomic mass is 10.4. The van der Waals surface area contributed by atoms with E-state index in [1.165, 1.54) is 0 Å². The van der Waals surface area contributed by atoms with Crippen LogP contribution in [0.25, 0.3) is 5.82 Å². The van der Waals surface area contributed by atoms with Crippen molar-refractivity contribution >= 4 is 11.6 Å². The smallest absolute Gasteiger partial charge is 0.233 e. The zero-order valence-corrected chi connectivity index (χ0v) is 9.90. The first-order chi connectivity index (χ1) is 7.72. The molecule has 0 spiro atoms. The molecule has 0 saturated carbocycles. The number of rotatable bonds is 3. The minimum absolute atomic E-state index is 0.566. The molecule has 0 saturated heterocycles. The number of pyridine rings is 1. The van der Waals surface area contributed by atoms with Crippen molar-refractivity contribution in [2.24, 2.45) is 0 Å². The largest absolute Gasteiger partial charge is 0.477 e. The Morgan fingerprint density at radius 3 is 3.00 bits per heavy atom. The topological polar surface area (TPSA) is 39.9 Å². The maximum atomic E-state index is 6.05. The first kappa shape index (κ1) is 11.0. The van der Waals surface area contributed by atoms with Gasteiger partial charge >= 0.3 is 0 Å². The molecule has 0 aromatic carbocycles. The molecule has 0 bridgehead atoms. The van der Waals surface area contributed by atoms with Crippen molar-refractivity contribution in [1.82, 2.24) is 14.8 Å². The van der Waals surface area contributed by atoms with E-state index in [1.54, 1.807) is 23.0 Å².